The van der Waals surface area contributed by atoms with E-state index < -0.39 is 269 Å². The lowest BCUT2D eigenvalue weighted by molar-refractivity contribution is -0.141. The van der Waals surface area contributed by atoms with Crippen LogP contribution in [0, 0.1) is 0 Å². The van der Waals surface area contributed by atoms with Crippen LogP contribution in [0.5, 0.6) is 0 Å². The quantitative estimate of drug-likeness (QED) is 0.0251. The van der Waals surface area contributed by atoms with Crippen LogP contribution in [-0.4, -0.2) is 730 Å². The lowest BCUT2D eigenvalue weighted by Gasteiger charge is -2.37. The van der Waals surface area contributed by atoms with E-state index in [4.69, 9.17) is 18.9 Å². The van der Waals surface area contributed by atoms with Gasteiger partial charge in [-0.1, -0.05) is 0 Å². The van der Waals surface area contributed by atoms with Gasteiger partial charge in [0.15, 0.2) is 6.29 Å². The van der Waals surface area contributed by atoms with E-state index in [1.54, 1.807) is 34.3 Å². The second-order valence-electron chi connectivity index (χ2n) is 36.6. The zero-order valence-corrected chi connectivity index (χ0v) is 85.3. The molecule has 0 atom stereocenters. The Balaban J connectivity index is 2.01. The lowest BCUT2D eigenvalue weighted by Crippen LogP contribution is -2.68. The Morgan fingerprint density at radius 1 is 0.223 bits per heavy atom. The smallest absolute Gasteiger partial charge is 0.317 e. The van der Waals surface area contributed by atoms with Gasteiger partial charge in [-0.15, -0.1) is 0 Å². The van der Waals surface area contributed by atoms with E-state index in [0.717, 1.165) is 19.6 Å². The molecule has 4 fully saturated rings. The van der Waals surface area contributed by atoms with Crippen LogP contribution < -0.4 is 21.3 Å². The van der Waals surface area contributed by atoms with Gasteiger partial charge in [0.2, 0.25) is 47.3 Å². The van der Waals surface area contributed by atoms with Crippen molar-refractivity contribution in [1.82, 2.24) is 119 Å². The molecule has 4 saturated heterocycles. The first-order chi connectivity index (χ1) is 70.2. The Morgan fingerprint density at radius 3 is 0.493 bits per heavy atom. The van der Waals surface area contributed by atoms with Crippen LogP contribution >= 0.6 is 0 Å². The number of carbonyl (C=O) groups excluding carboxylic acids is 8. The summed E-state index contributed by atoms with van der Waals surface area (Å²) in [6.45, 7) is -16.0. The SMILES string of the molecule is COCCN(CC(=O)NCC(CNC(=O)CN(CCOC)C(=O)CN1CCN(CC(=O)O)CCN(CC(=O)O)CCN(CC(=O)O)CC1)(CNC(=O)CN(CCOC)C(=O)CN1CCN(CC(=O)O)CCN(CC(O)O)CCN(CC(=O)O)CC1)NC(=O)CN(CCOC)C(=O)CN1CCN(CC(=O)O)CCN(CC(=O)O)CCN(CC(=O)O)CC1)C(=O)CN1CCN(CC(=O)O)CCN(CC(=O)O)CCN(CC(=O)O)CC1. The topological polar surface area (TPSA) is 737 Å². The highest BCUT2D eigenvalue weighted by molar-refractivity contribution is 5.90. The average Bonchev–Trinajstić information content (AvgIpc) is 0.829. The molecule has 0 aromatic rings. The molecule has 4 aliphatic heterocycles. The number of rotatable bonds is 59. The maximum absolute atomic E-state index is 15.8. The maximum atomic E-state index is 15.8. The zero-order valence-electron chi connectivity index (χ0n) is 85.3. The summed E-state index contributed by atoms with van der Waals surface area (Å²) in [5.41, 5.74) is -2.32. The van der Waals surface area contributed by atoms with Gasteiger partial charge in [0, 0.05) is 290 Å². The van der Waals surface area contributed by atoms with Crippen molar-refractivity contribution in [3.63, 3.8) is 0 Å². The maximum Gasteiger partial charge on any atom is 0.317 e. The Morgan fingerprint density at radius 2 is 0.358 bits per heavy atom. The van der Waals surface area contributed by atoms with Crippen LogP contribution in [0.15, 0.2) is 0 Å². The van der Waals surface area contributed by atoms with E-state index >= 15 is 38.4 Å². The van der Waals surface area contributed by atoms with E-state index in [1.807, 2.05) is 0 Å². The van der Waals surface area contributed by atoms with Crippen molar-refractivity contribution in [2.75, 3.05) is 441 Å². The molecule has 0 aromatic carbocycles. The van der Waals surface area contributed by atoms with Crippen LogP contribution in [0.2, 0.25) is 0 Å². The molecular weight excluding hydrogens is 1970 g/mol. The first-order valence-electron chi connectivity index (χ1n) is 48.7. The summed E-state index contributed by atoms with van der Waals surface area (Å²) in [7, 11) is 5.18. The van der Waals surface area contributed by atoms with E-state index in [9.17, 15) is 119 Å². The van der Waals surface area contributed by atoms with Gasteiger partial charge in [0.25, 0.3) is 0 Å². The number of hydrogen-bond donors (Lipinski definition) is 17. The molecule has 0 aliphatic carbocycles. The van der Waals surface area contributed by atoms with E-state index in [1.165, 1.54) is 72.5 Å². The summed E-state index contributed by atoms with van der Waals surface area (Å²) in [5.74, 6) is -20.6. The number of carboxylic acids is 11. The number of aliphatic hydroxyl groups is 2. The molecule has 8 amide bonds. The minimum absolute atomic E-state index is 0.00432. The van der Waals surface area contributed by atoms with Crippen LogP contribution in [0.25, 0.3) is 0 Å². The predicted molar refractivity (Wildman–Crippen MR) is 519 cm³/mol. The number of aliphatic hydroxyl groups excluding tert-OH is 1. The molecule has 0 radical (unpaired) electrons. The van der Waals surface area contributed by atoms with Gasteiger partial charge in [-0.3, -0.25) is 169 Å². The van der Waals surface area contributed by atoms with Crippen molar-refractivity contribution in [2.45, 2.75) is 11.8 Å². The highest BCUT2D eigenvalue weighted by Gasteiger charge is 2.39. The van der Waals surface area contributed by atoms with Crippen LogP contribution in [0.3, 0.4) is 0 Å². The second-order valence-corrected chi connectivity index (χ2v) is 36.6. The Bertz CT molecular complexity index is 3920. The van der Waals surface area contributed by atoms with Gasteiger partial charge < -0.3 is 126 Å². The zero-order chi connectivity index (χ0) is 110. The number of carbonyl (C=O) groups is 19. The number of methoxy groups -OCH3 is 4. The summed E-state index contributed by atoms with van der Waals surface area (Å²) in [5, 5.41) is 140. The molecule has 4 heterocycles. The Labute approximate surface area is 858 Å². The number of β-amino-alcohol motifs (C(OH)–C–C–N with tert-alkyl or cyclic N) is 2. The highest BCUT2D eigenvalue weighted by atomic mass is 16.5. The summed E-state index contributed by atoms with van der Waals surface area (Å²) in [6, 6.07) is 0. The van der Waals surface area contributed by atoms with E-state index in [2.05, 4.69) is 21.3 Å². The monoisotopic (exact) mass is 2130 g/mol. The molecule has 0 aromatic heterocycles. The number of nitrogens with one attached hydrogen (secondary N) is 4. The molecule has 0 bridgehead atoms. The number of amides is 8. The van der Waals surface area contributed by atoms with Crippen LogP contribution in [0.1, 0.15) is 0 Å². The number of ether oxygens (including phenoxy) is 4. The van der Waals surface area contributed by atoms with Crippen molar-refractivity contribution in [1.29, 1.82) is 0 Å². The summed E-state index contributed by atoms with van der Waals surface area (Å²) in [4.78, 5) is 285. The normalized spacial score (nSPS) is 17.9. The van der Waals surface area contributed by atoms with Gasteiger partial charge in [0.05, 0.1) is 156 Å². The first-order valence-corrected chi connectivity index (χ1v) is 48.7. The first kappa shape index (κ1) is 129. The van der Waals surface area contributed by atoms with Gasteiger partial charge in [-0.2, -0.15) is 0 Å². The molecule has 60 nitrogen and oxygen atoms in total. The predicted octanol–water partition coefficient (Wildman–Crippen LogP) is -14.8. The van der Waals surface area contributed by atoms with Crippen molar-refractivity contribution >= 4 is 113 Å². The molecular formula is C88H156N24O36. The van der Waals surface area contributed by atoms with Crippen LogP contribution in [-0.2, 0) is 110 Å². The number of nitrogens with zero attached hydrogens (tertiary/aromatic N) is 20. The molecule has 844 valence electrons. The molecule has 0 unspecified atom stereocenters. The van der Waals surface area contributed by atoms with Gasteiger partial charge in [0.1, 0.15) is 0 Å². The molecule has 0 spiro atoms. The average molecular weight is 2130 g/mol. The Hall–Kier alpha value is -10.9. The van der Waals surface area contributed by atoms with Crippen LogP contribution in [0.4, 0.5) is 0 Å². The number of carboxylic acid groups (broad SMARTS) is 11. The van der Waals surface area contributed by atoms with Crippen molar-refractivity contribution in [2.24, 2.45) is 0 Å². The molecule has 0 saturated carbocycles. The fourth-order valence-corrected chi connectivity index (χ4v) is 16.7. The Kier molecular flexibility index (Phi) is 62.6. The third-order valence-corrected chi connectivity index (χ3v) is 24.8. The second kappa shape index (κ2) is 71.7. The highest BCUT2D eigenvalue weighted by Crippen LogP contribution is 2.14. The number of aliphatic carboxylic acids is 11. The van der Waals surface area contributed by atoms with Crippen molar-refractivity contribution < 1.29 is 176 Å². The summed E-state index contributed by atoms with van der Waals surface area (Å²) >= 11 is 0. The van der Waals surface area contributed by atoms with Crippen molar-refractivity contribution in [3.8, 4) is 0 Å². The fraction of sp³-hybridized carbons (Fsp3) is 0.784. The van der Waals surface area contributed by atoms with Gasteiger partial charge in [-0.05, 0) is 0 Å². The third-order valence-electron chi connectivity index (χ3n) is 24.8. The van der Waals surface area contributed by atoms with Gasteiger partial charge in [-0.25, -0.2) is 0 Å². The van der Waals surface area contributed by atoms with Gasteiger partial charge >= 0.3 is 65.7 Å². The molecule has 60 heteroatoms. The van der Waals surface area contributed by atoms with E-state index in [0.29, 0.717) is 0 Å². The largest absolute Gasteiger partial charge is 0.480 e. The third kappa shape index (κ3) is 58.3. The molecule has 17 N–H and O–H groups in total. The fourth-order valence-electron chi connectivity index (χ4n) is 16.7. The molecule has 148 heavy (non-hydrogen) atoms. The summed E-state index contributed by atoms with van der Waals surface area (Å²) < 4.78 is 21.7. The molecule has 4 rings (SSSR count). The molecule has 4 aliphatic rings. The summed E-state index contributed by atoms with van der Waals surface area (Å²) in [6.07, 6.45) is -1.80. The van der Waals surface area contributed by atoms with Crippen molar-refractivity contribution in [3.05, 3.63) is 0 Å². The van der Waals surface area contributed by atoms with E-state index in [-0.39, 0.29) is 269 Å². The number of hydrogen-bond acceptors (Lipinski definition) is 41. The lowest BCUT2D eigenvalue weighted by atomic mass is 9.98. The minimum Gasteiger partial charge on any atom is -0.480 e. The standard InChI is InChI=1S/C88H156N24O36/c1-145-41-37-109(72(117)49-93-5-13-97(53-76(121)122)21-29-105(61-84(137)138)30-22-98(14-6-93)54-77(123)124)45-68(113)89-65-88(92-71(116)48-112(40-44-148-4)75(120)52-96-11-19-103(59-82(133)134)27-35-108(64-87(143)144)36-28-104(20-12-96)60-83(135)136,66-90-69(114)46-110(38-42-146-2)73(118)50-94-7-15-99(55-78(125)126)23-31-106(62-85(139)140)32-24-100(16-8-94)56-79(127)128)67-91-70(115)47-111(39-43-147-3)74(119)51-95-9-17-101(57-80(129)130)25-33-107(63-86(141)142)34-26-102(18-10-95)58-81(131)132/h84,137-138H,5-67H2,1-4H3,(H,89,113)(H,90,114)(H,91,115)(H,92,116)(H,121,122)(H,123,124)(H,125,126)(H,127,128)(H,129,130)(H,131,132)(H,133,134)(H,135,136)(H,139,140)(H,141,142)(H,143,144). The minimum atomic E-state index is -2.32.